The first-order chi connectivity index (χ1) is 34.5. The Balaban J connectivity index is 1.19. The van der Waals surface area contributed by atoms with Gasteiger partial charge in [-0.2, -0.15) is 5.26 Å². The molecule has 2 aliphatic heterocycles. The number of hydrogen-bond acceptors (Lipinski definition) is 13. The molecular weight excluding hydrogens is 932 g/mol. The van der Waals surface area contributed by atoms with Crippen LogP contribution in [0.3, 0.4) is 0 Å². The van der Waals surface area contributed by atoms with E-state index >= 15 is 0 Å². The third-order valence-corrected chi connectivity index (χ3v) is 15.6. The topological polar surface area (TPSA) is 168 Å². The number of nitriles is 1. The lowest BCUT2D eigenvalue weighted by Gasteiger charge is -2.39. The lowest BCUT2D eigenvalue weighted by Crippen LogP contribution is -2.41. The molecule has 382 valence electrons. The smallest absolute Gasteiger partial charge is 0.495 e. The zero-order valence-corrected chi connectivity index (χ0v) is 44.0. The summed E-state index contributed by atoms with van der Waals surface area (Å²) in [4.78, 5) is 29.7. The second-order valence-corrected chi connectivity index (χ2v) is 20.8. The molecule has 2 aliphatic rings. The van der Waals surface area contributed by atoms with Crippen LogP contribution in [0, 0.1) is 11.3 Å². The van der Waals surface area contributed by atoms with Crippen molar-refractivity contribution in [1.82, 2.24) is 19.5 Å². The van der Waals surface area contributed by atoms with Crippen molar-refractivity contribution in [2.75, 3.05) is 34.0 Å². The third-order valence-electron chi connectivity index (χ3n) is 13.4. The van der Waals surface area contributed by atoms with Gasteiger partial charge in [0.15, 0.2) is 0 Å². The van der Waals surface area contributed by atoms with Gasteiger partial charge in [0, 0.05) is 37.8 Å². The highest BCUT2D eigenvalue weighted by atomic mass is 31.2. The molecule has 4 aromatic carbocycles. The van der Waals surface area contributed by atoms with E-state index in [4.69, 9.17) is 37.3 Å². The third kappa shape index (κ3) is 12.3. The van der Waals surface area contributed by atoms with Gasteiger partial charge in [0.25, 0.3) is 14.1 Å². The van der Waals surface area contributed by atoms with Crippen molar-refractivity contribution in [2.45, 2.75) is 122 Å². The summed E-state index contributed by atoms with van der Waals surface area (Å²) in [5.74, 6) is 1.37. The maximum atomic E-state index is 13.8. The Labute approximate surface area is 425 Å². The van der Waals surface area contributed by atoms with Crippen LogP contribution >= 0.6 is 8.53 Å². The molecule has 2 saturated heterocycles. The molecule has 72 heavy (non-hydrogen) atoms. The first-order valence-electron chi connectivity index (χ1n) is 24.6. The summed E-state index contributed by atoms with van der Waals surface area (Å²) in [5, 5.41) is 12.9. The molecular formula is C55H69BN5O10P. The van der Waals surface area contributed by atoms with Gasteiger partial charge in [-0.15, -0.1) is 0 Å². The minimum atomic E-state index is -1.74. The zero-order valence-electron chi connectivity index (χ0n) is 43.1. The molecule has 17 heteroatoms. The first kappa shape index (κ1) is 54.3. The van der Waals surface area contributed by atoms with Gasteiger partial charge in [-0.05, 0) is 107 Å². The first-order valence-corrected chi connectivity index (χ1v) is 25.7. The Kier molecular flexibility index (Phi) is 18.2. The molecule has 0 bridgehead atoms. The highest BCUT2D eigenvalue weighted by Gasteiger charge is 2.52. The van der Waals surface area contributed by atoms with Crippen LogP contribution in [0.2, 0.25) is 0 Å². The standard InChI is InChI=1S/C55H69BN5O10P/c1-38(2)61(39(3)4)72(67-33-17-31-57)69-48-34-50(60-36-41(51(62)59-52(60)63)19-16-32-58-35-40-18-14-15-22-47(40)56-70-53(5,6)54(7,8)71-56)68-49(48)37-66-55(42-20-12-11-13-21-42,43-23-27-45(64-9)28-24-43)44-25-29-46(65-10)30-26-44/h11-16,18-30,36,38-39,48-50,58H,17,32-35,37H2,1-10H3,(H,59,62,63)/b19-16+/t48?,49-,50-,72?/m1/s1. The molecule has 2 unspecified atom stereocenters. The summed E-state index contributed by atoms with van der Waals surface area (Å²) in [5.41, 5.74) is 1.48. The number of ether oxygens (including phenoxy) is 4. The SMILES string of the molecule is COc1ccc(C(OC[C@H]2O[C@@H](n3cc(/C=C/CNCc4ccccc4B4OC(C)(C)C(C)(C)O4)c(=O)[nH]c3=O)CC2OP(OCCC#N)N(C(C)C)C(C)C)(c2ccccc2)c2ccc(OC)cc2)cc1. The number of rotatable bonds is 23. The van der Waals surface area contributed by atoms with E-state index in [9.17, 15) is 14.9 Å². The molecule has 3 heterocycles. The maximum absolute atomic E-state index is 13.8. The number of nitrogens with one attached hydrogen (secondary N) is 2. The predicted molar refractivity (Wildman–Crippen MR) is 281 cm³/mol. The lowest BCUT2D eigenvalue weighted by atomic mass is 9.76. The van der Waals surface area contributed by atoms with Crippen molar-refractivity contribution in [3.8, 4) is 17.6 Å². The average Bonchev–Trinajstić information content (AvgIpc) is 3.86. The number of nitrogens with zero attached hydrogens (tertiary/aromatic N) is 3. The number of aromatic amines is 1. The van der Waals surface area contributed by atoms with Crippen molar-refractivity contribution in [1.29, 1.82) is 5.26 Å². The monoisotopic (exact) mass is 1000 g/mol. The molecule has 5 aromatic rings. The molecule has 7 rings (SSSR count). The van der Waals surface area contributed by atoms with Gasteiger partial charge in [-0.3, -0.25) is 14.3 Å². The van der Waals surface area contributed by atoms with Crippen LogP contribution in [0.5, 0.6) is 11.5 Å². The van der Waals surface area contributed by atoms with E-state index in [0.717, 1.165) is 27.7 Å². The Hall–Kier alpha value is -5.44. The molecule has 0 saturated carbocycles. The van der Waals surface area contributed by atoms with Gasteiger partial charge in [0.05, 0.1) is 62.8 Å². The lowest BCUT2D eigenvalue weighted by molar-refractivity contribution is -0.0925. The van der Waals surface area contributed by atoms with Gasteiger partial charge < -0.3 is 42.6 Å². The van der Waals surface area contributed by atoms with Crippen molar-refractivity contribution < 1.29 is 37.3 Å². The second kappa shape index (κ2) is 24.1. The van der Waals surface area contributed by atoms with Gasteiger partial charge in [0.1, 0.15) is 29.4 Å². The summed E-state index contributed by atoms with van der Waals surface area (Å²) in [7, 11) is 1.01. The summed E-state index contributed by atoms with van der Waals surface area (Å²) in [6, 6.07) is 35.7. The number of methoxy groups -OCH3 is 2. The van der Waals surface area contributed by atoms with Crippen LogP contribution in [0.25, 0.3) is 6.08 Å². The van der Waals surface area contributed by atoms with E-state index in [1.165, 1.54) is 10.8 Å². The summed E-state index contributed by atoms with van der Waals surface area (Å²) < 4.78 is 55.1. The second-order valence-electron chi connectivity index (χ2n) is 19.4. The number of hydrogen-bond donors (Lipinski definition) is 2. The minimum Gasteiger partial charge on any atom is -0.497 e. The van der Waals surface area contributed by atoms with Gasteiger partial charge in [0.2, 0.25) is 0 Å². The Bertz CT molecular complexity index is 2670. The Morgan fingerprint density at radius 2 is 1.46 bits per heavy atom. The summed E-state index contributed by atoms with van der Waals surface area (Å²) >= 11 is 0. The average molecular weight is 1000 g/mol. The van der Waals surface area contributed by atoms with Crippen LogP contribution < -0.4 is 31.5 Å². The van der Waals surface area contributed by atoms with Crippen molar-refractivity contribution >= 4 is 27.2 Å². The highest BCUT2D eigenvalue weighted by Crippen LogP contribution is 2.51. The Morgan fingerprint density at radius 3 is 2.04 bits per heavy atom. The predicted octanol–water partition coefficient (Wildman–Crippen LogP) is 8.61. The van der Waals surface area contributed by atoms with Crippen LogP contribution in [0.15, 0.2) is 125 Å². The van der Waals surface area contributed by atoms with Gasteiger partial charge in [-0.25, -0.2) is 9.46 Å². The van der Waals surface area contributed by atoms with Crippen molar-refractivity contribution in [2.24, 2.45) is 0 Å². The number of aromatic nitrogens is 2. The van der Waals surface area contributed by atoms with Crippen LogP contribution in [0.4, 0.5) is 0 Å². The summed E-state index contributed by atoms with van der Waals surface area (Å²) in [6.45, 7) is 17.5. The fourth-order valence-corrected chi connectivity index (χ4v) is 10.8. The van der Waals surface area contributed by atoms with E-state index in [2.05, 4.69) is 48.7 Å². The quantitative estimate of drug-likeness (QED) is 0.0277. The van der Waals surface area contributed by atoms with E-state index < -0.39 is 62.1 Å². The molecule has 0 amide bonds. The Morgan fingerprint density at radius 1 is 0.875 bits per heavy atom. The fourth-order valence-electron chi connectivity index (χ4n) is 9.03. The minimum absolute atomic E-state index is 0.00692. The van der Waals surface area contributed by atoms with Crippen molar-refractivity contribution in [3.63, 3.8) is 0 Å². The van der Waals surface area contributed by atoms with Crippen LogP contribution in [-0.4, -0.2) is 90.8 Å². The van der Waals surface area contributed by atoms with Gasteiger partial charge >= 0.3 is 12.8 Å². The largest absolute Gasteiger partial charge is 0.497 e. The summed E-state index contributed by atoms with van der Waals surface area (Å²) in [6.07, 6.45) is 3.14. The molecule has 0 spiro atoms. The van der Waals surface area contributed by atoms with Gasteiger partial charge in [-0.1, -0.05) is 91.0 Å². The van der Waals surface area contributed by atoms with E-state index in [1.807, 2.05) is 137 Å². The molecule has 0 radical (unpaired) electrons. The molecule has 2 N–H and O–H groups in total. The molecule has 0 aliphatic carbocycles. The maximum Gasteiger partial charge on any atom is 0.495 e. The molecule has 4 atom stereocenters. The van der Waals surface area contributed by atoms with E-state index in [0.29, 0.717) is 24.6 Å². The number of benzene rings is 4. The highest BCUT2D eigenvalue weighted by molar-refractivity contribution is 7.44. The molecule has 15 nitrogen and oxygen atoms in total. The fraction of sp³-hybridized carbons (Fsp3) is 0.436. The van der Waals surface area contributed by atoms with E-state index in [-0.39, 0.29) is 43.7 Å². The zero-order chi connectivity index (χ0) is 51.6. The van der Waals surface area contributed by atoms with Crippen LogP contribution in [-0.2, 0) is 40.0 Å². The molecule has 1 aromatic heterocycles. The van der Waals surface area contributed by atoms with Crippen molar-refractivity contribution in [3.05, 3.63) is 164 Å². The molecule has 2 fully saturated rings. The van der Waals surface area contributed by atoms with Crippen LogP contribution in [0.1, 0.15) is 102 Å². The number of H-pyrrole nitrogens is 1. The van der Waals surface area contributed by atoms with E-state index in [1.54, 1.807) is 20.3 Å². The normalized spacial score (nSPS) is 19.1.